The van der Waals surface area contributed by atoms with Gasteiger partial charge < -0.3 is 9.57 Å². The number of ether oxygens (including phenoxy) is 1. The molecular weight excluding hydrogens is 290 g/mol. The molecule has 1 fully saturated rings. The summed E-state index contributed by atoms with van der Waals surface area (Å²) in [4.78, 5) is 29.4. The van der Waals surface area contributed by atoms with Crippen molar-refractivity contribution in [3.05, 3.63) is 21.4 Å². The summed E-state index contributed by atoms with van der Waals surface area (Å²) in [5, 5.41) is 1.97. The van der Waals surface area contributed by atoms with E-state index >= 15 is 0 Å². The Kier molecular flexibility index (Phi) is 5.10. The van der Waals surface area contributed by atoms with Crippen LogP contribution in [0.2, 0.25) is 0 Å². The van der Waals surface area contributed by atoms with Gasteiger partial charge in [-0.1, -0.05) is 20.2 Å². The highest BCUT2D eigenvalue weighted by atomic mass is 32.1. The Hall–Kier alpha value is -1.56. The van der Waals surface area contributed by atoms with E-state index in [1.807, 2.05) is 17.8 Å². The quantitative estimate of drug-likeness (QED) is 0.641. The Labute approximate surface area is 130 Å². The van der Waals surface area contributed by atoms with E-state index in [9.17, 15) is 9.59 Å². The molecule has 1 heterocycles. The van der Waals surface area contributed by atoms with Crippen molar-refractivity contribution < 1.29 is 20.5 Å². The van der Waals surface area contributed by atoms with Crippen LogP contribution in [0.25, 0.3) is 0 Å². The molecule has 0 aromatic carbocycles. The first-order chi connectivity index (χ1) is 10.7. The summed E-state index contributed by atoms with van der Waals surface area (Å²) in [6.07, 6.45) is 3.59. The fraction of sp³-hybridized carbons (Fsp3) is 0.600. The Morgan fingerprint density at radius 2 is 2.33 bits per heavy atom. The molecule has 1 aliphatic rings. The van der Waals surface area contributed by atoms with Gasteiger partial charge in [0.15, 0.2) is 0 Å². The third kappa shape index (κ3) is 4.20. The van der Waals surface area contributed by atoms with Gasteiger partial charge in [0.1, 0.15) is 0 Å². The second-order valence-electron chi connectivity index (χ2n) is 4.99. The maximum atomic E-state index is 12.2. The van der Waals surface area contributed by atoms with Crippen LogP contribution in [-0.4, -0.2) is 18.7 Å². The third-order valence-corrected chi connectivity index (χ3v) is 4.37. The largest absolute Gasteiger partial charge is 0.447 e. The highest BCUT2D eigenvalue weighted by Gasteiger charge is 2.31. The number of aryl methyl sites for hydroxylation is 1. The molecule has 0 radical (unpaired) electrons. The number of carbonyl (C=O) groups excluding carboxylic acids is 2. The zero-order valence-electron chi connectivity index (χ0n) is 13.1. The molecule has 1 N–H and O–H groups in total. The lowest BCUT2D eigenvalue weighted by Crippen LogP contribution is -2.28. The highest BCUT2D eigenvalue weighted by Crippen LogP contribution is 2.44. The smallest absolute Gasteiger partial charge is 0.440 e. The van der Waals surface area contributed by atoms with Gasteiger partial charge in [-0.15, -0.1) is 16.8 Å². The minimum Gasteiger partial charge on any atom is -0.447 e. The van der Waals surface area contributed by atoms with Crippen molar-refractivity contribution in [3.63, 3.8) is 0 Å². The van der Waals surface area contributed by atoms with Crippen LogP contribution in [0.3, 0.4) is 0 Å². The molecule has 6 heteroatoms. The van der Waals surface area contributed by atoms with E-state index in [1.165, 1.54) is 11.3 Å². The number of amides is 1. The second-order valence-corrected chi connectivity index (χ2v) is 5.96. The van der Waals surface area contributed by atoms with Crippen LogP contribution in [0.1, 0.15) is 67.6 Å². The molecule has 1 aliphatic carbocycles. The van der Waals surface area contributed by atoms with Gasteiger partial charge >= 0.3 is 12.1 Å². The van der Waals surface area contributed by atoms with Crippen molar-refractivity contribution in [2.75, 3.05) is 6.61 Å². The van der Waals surface area contributed by atoms with Crippen LogP contribution in [0.15, 0.2) is 5.38 Å². The molecule has 0 unspecified atom stereocenters. The number of hydrogen-bond acceptors (Lipinski definition) is 5. The van der Waals surface area contributed by atoms with E-state index in [4.69, 9.17) is 10.9 Å². The van der Waals surface area contributed by atoms with Gasteiger partial charge in [-0.05, 0) is 42.5 Å². The first-order valence-electron chi connectivity index (χ1n) is 7.91. The van der Waals surface area contributed by atoms with Crippen LogP contribution < -0.4 is 5.48 Å². The Bertz CT molecular complexity index is 528. The number of hydrogen-bond donors (Lipinski definition) is 1. The zero-order chi connectivity index (χ0) is 15.9. The Balaban J connectivity index is 1.93. The van der Waals surface area contributed by atoms with Crippen LogP contribution >= 0.6 is 11.3 Å². The summed E-state index contributed by atoms with van der Waals surface area (Å²) < 4.78 is 12.2. The molecule has 1 amide bonds. The lowest BCUT2D eigenvalue weighted by Gasteiger charge is -2.08. The minimum atomic E-state index is -0.757. The van der Waals surface area contributed by atoms with E-state index < -0.39 is 12.1 Å². The van der Waals surface area contributed by atoms with Gasteiger partial charge in [0.05, 0.1) is 12.2 Å². The summed E-state index contributed by atoms with van der Waals surface area (Å²) in [6.45, 7) is 2.51. The van der Waals surface area contributed by atoms with E-state index in [0.717, 1.165) is 36.1 Å². The molecule has 0 aliphatic heterocycles. The lowest BCUT2D eigenvalue weighted by molar-refractivity contribution is 0.0205. The van der Waals surface area contributed by atoms with Crippen molar-refractivity contribution in [2.24, 2.45) is 0 Å². The summed E-state index contributed by atoms with van der Waals surface area (Å²) in [6, 6.07) is 0. The molecule has 0 spiro atoms. The number of rotatable bonds is 6. The standard InChI is InChI=1S/C15H21NO4S/c1-3-5-8-19-15(18)16-20-14(17)13-11(10-6-7-10)9-21-12(13)4-2/h9-10H,3-8H2,1-2H3,(H,16,18)/i2T. The van der Waals surface area contributed by atoms with E-state index in [1.54, 1.807) is 0 Å². The van der Waals surface area contributed by atoms with Gasteiger partial charge in [0, 0.05) is 6.25 Å². The van der Waals surface area contributed by atoms with E-state index in [2.05, 4.69) is 0 Å². The van der Waals surface area contributed by atoms with Gasteiger partial charge in [0.25, 0.3) is 0 Å². The highest BCUT2D eigenvalue weighted by molar-refractivity contribution is 7.10. The molecule has 1 aromatic rings. The van der Waals surface area contributed by atoms with Crippen LogP contribution in [0.4, 0.5) is 4.79 Å². The van der Waals surface area contributed by atoms with E-state index in [0.29, 0.717) is 24.5 Å². The number of unbranched alkanes of at least 4 members (excludes halogenated alkanes) is 1. The van der Waals surface area contributed by atoms with E-state index in [-0.39, 0.29) is 6.90 Å². The van der Waals surface area contributed by atoms with Gasteiger partial charge in [-0.3, -0.25) is 0 Å². The summed E-state index contributed by atoms with van der Waals surface area (Å²) >= 11 is 1.48. The fourth-order valence-electron chi connectivity index (χ4n) is 2.00. The fourth-order valence-corrected chi connectivity index (χ4v) is 3.02. The van der Waals surface area contributed by atoms with Crippen LogP contribution in [0, 0.1) is 0 Å². The average molecular weight is 313 g/mol. The zero-order valence-corrected chi connectivity index (χ0v) is 13.0. The summed E-state index contributed by atoms with van der Waals surface area (Å²) in [5.74, 6) is -0.158. The normalized spacial score (nSPS) is 14.4. The Morgan fingerprint density at radius 1 is 1.52 bits per heavy atom. The number of carbonyl (C=O) groups is 2. The first-order valence-corrected chi connectivity index (χ1v) is 8.08. The van der Waals surface area contributed by atoms with Crippen molar-refractivity contribution in [1.82, 2.24) is 5.48 Å². The molecule has 1 aromatic heterocycles. The molecule has 5 nitrogen and oxygen atoms in total. The van der Waals surface area contributed by atoms with Gasteiger partial charge in [-0.2, -0.15) is 0 Å². The van der Waals surface area contributed by atoms with Crippen LogP contribution in [-0.2, 0) is 16.0 Å². The molecule has 2 rings (SSSR count). The first kappa shape index (κ1) is 14.4. The molecule has 1 saturated carbocycles. The predicted molar refractivity (Wildman–Crippen MR) is 80.5 cm³/mol. The molecule has 0 bridgehead atoms. The maximum absolute atomic E-state index is 12.2. The van der Waals surface area contributed by atoms with Crippen molar-refractivity contribution >= 4 is 23.4 Å². The van der Waals surface area contributed by atoms with Gasteiger partial charge in [0.2, 0.25) is 0 Å². The second kappa shape index (κ2) is 7.45. The summed E-state index contributed by atoms with van der Waals surface area (Å²) in [5.41, 5.74) is 3.54. The van der Waals surface area contributed by atoms with Crippen LogP contribution in [0.5, 0.6) is 0 Å². The molecule has 0 saturated heterocycles. The SMILES string of the molecule is [3H]CCc1scc(C2CC2)c1C(=O)ONC(=O)OCCCC. The predicted octanol–water partition coefficient (Wildman–Crippen LogP) is 3.79. The summed E-state index contributed by atoms with van der Waals surface area (Å²) in [7, 11) is 0. The number of thiophene rings is 1. The van der Waals surface area contributed by atoms with Crippen molar-refractivity contribution in [2.45, 2.75) is 51.8 Å². The maximum Gasteiger partial charge on any atom is 0.440 e. The average Bonchev–Trinajstić information content (AvgIpc) is 3.27. The molecule has 116 valence electrons. The molecular formula is C15H21NO4S. The minimum absolute atomic E-state index is 0.220. The van der Waals surface area contributed by atoms with Gasteiger partial charge in [-0.25, -0.2) is 9.59 Å². The molecule has 21 heavy (non-hydrogen) atoms. The third-order valence-electron chi connectivity index (χ3n) is 3.30. The molecule has 0 atom stereocenters. The number of hydroxylamine groups is 1. The lowest BCUT2D eigenvalue weighted by atomic mass is 10.1. The monoisotopic (exact) mass is 313 g/mol. The van der Waals surface area contributed by atoms with Crippen molar-refractivity contribution in [3.8, 4) is 0 Å². The topological polar surface area (TPSA) is 64.6 Å². The number of nitrogens with one attached hydrogen (secondary N) is 1. The Morgan fingerprint density at radius 3 is 3.00 bits per heavy atom. The van der Waals surface area contributed by atoms with Crippen molar-refractivity contribution in [1.29, 1.82) is 0 Å².